The number of carboxylic acids is 1. The summed E-state index contributed by atoms with van der Waals surface area (Å²) in [6.45, 7) is 1.82. The van der Waals surface area contributed by atoms with Crippen molar-refractivity contribution in [3.05, 3.63) is 90.3 Å². The minimum atomic E-state index is -0.763. The van der Waals surface area contributed by atoms with Crippen molar-refractivity contribution in [3.63, 3.8) is 0 Å². The van der Waals surface area contributed by atoms with Gasteiger partial charge in [0.1, 0.15) is 11.9 Å². The lowest BCUT2D eigenvalue weighted by Crippen LogP contribution is -2.19. The third-order valence-electron chi connectivity index (χ3n) is 6.68. The molecular formula is C28H26N4O4. The predicted octanol–water partition coefficient (Wildman–Crippen LogP) is 5.58. The maximum atomic E-state index is 12.6. The number of carbonyl (C=O) groups is 2. The van der Waals surface area contributed by atoms with Gasteiger partial charge in [0.05, 0.1) is 22.9 Å². The fraction of sp³-hybridized carbons (Fsp3) is 0.214. The topological polar surface area (TPSA) is 106 Å². The van der Waals surface area contributed by atoms with Crippen LogP contribution in [0.3, 0.4) is 0 Å². The van der Waals surface area contributed by atoms with Gasteiger partial charge in [-0.2, -0.15) is 5.10 Å². The lowest BCUT2D eigenvalue weighted by Gasteiger charge is -2.15. The van der Waals surface area contributed by atoms with Crippen molar-refractivity contribution in [3.8, 4) is 22.4 Å². The molecule has 2 N–H and O–H groups in total. The van der Waals surface area contributed by atoms with Crippen molar-refractivity contribution in [1.29, 1.82) is 0 Å². The summed E-state index contributed by atoms with van der Waals surface area (Å²) < 4.78 is 7.10. The summed E-state index contributed by atoms with van der Waals surface area (Å²) in [5.74, 6) is -0.283. The van der Waals surface area contributed by atoms with Crippen LogP contribution in [0.25, 0.3) is 22.4 Å². The first-order valence-corrected chi connectivity index (χ1v) is 11.7. The van der Waals surface area contributed by atoms with E-state index in [1.54, 1.807) is 24.1 Å². The highest BCUT2D eigenvalue weighted by atomic mass is 16.6. The molecule has 1 aliphatic rings. The van der Waals surface area contributed by atoms with Crippen molar-refractivity contribution in [2.75, 3.05) is 5.32 Å². The van der Waals surface area contributed by atoms with Crippen molar-refractivity contribution in [2.24, 2.45) is 7.05 Å². The molecule has 0 radical (unpaired) electrons. The Morgan fingerprint density at radius 2 is 1.69 bits per heavy atom. The second kappa shape index (κ2) is 9.30. The van der Waals surface area contributed by atoms with Crippen LogP contribution in [0.1, 0.15) is 37.0 Å². The van der Waals surface area contributed by atoms with E-state index in [1.807, 2.05) is 73.7 Å². The number of hydrogen-bond acceptors (Lipinski definition) is 5. The zero-order chi connectivity index (χ0) is 25.3. The highest BCUT2D eigenvalue weighted by Crippen LogP contribution is 2.48. The van der Waals surface area contributed by atoms with Gasteiger partial charge in [0.15, 0.2) is 0 Å². The predicted molar refractivity (Wildman–Crippen MR) is 135 cm³/mol. The Hall–Kier alpha value is -4.46. The van der Waals surface area contributed by atoms with Gasteiger partial charge in [0.25, 0.3) is 0 Å². The molecule has 182 valence electrons. The van der Waals surface area contributed by atoms with Crippen molar-refractivity contribution in [2.45, 2.75) is 31.3 Å². The molecule has 1 aliphatic carbocycles. The normalized spacial score (nSPS) is 14.6. The van der Waals surface area contributed by atoms with Crippen LogP contribution >= 0.6 is 0 Å². The molecule has 36 heavy (non-hydrogen) atoms. The number of carboxylic acid groups (broad SMARTS) is 1. The molecule has 8 heteroatoms. The first kappa shape index (κ1) is 23.3. The van der Waals surface area contributed by atoms with Crippen LogP contribution in [-0.2, 0) is 22.0 Å². The summed E-state index contributed by atoms with van der Waals surface area (Å²) in [6, 6.07) is 20.9. The minimum absolute atomic E-state index is 0.406. The van der Waals surface area contributed by atoms with E-state index in [0.717, 1.165) is 22.3 Å². The molecule has 5 rings (SSSR count). The average Bonchev–Trinajstić information content (AvgIpc) is 3.64. The number of nitrogens with zero attached hydrogens (tertiary/aromatic N) is 3. The molecule has 0 bridgehead atoms. The monoisotopic (exact) mass is 482 g/mol. The van der Waals surface area contributed by atoms with Crippen LogP contribution in [-0.4, -0.2) is 31.9 Å². The number of aromatic nitrogens is 3. The molecule has 0 saturated heterocycles. The van der Waals surface area contributed by atoms with Gasteiger partial charge in [-0.15, -0.1) is 0 Å². The first-order valence-electron chi connectivity index (χ1n) is 11.7. The van der Waals surface area contributed by atoms with E-state index in [0.29, 0.717) is 29.9 Å². The Morgan fingerprint density at radius 3 is 2.31 bits per heavy atom. The van der Waals surface area contributed by atoms with Crippen molar-refractivity contribution in [1.82, 2.24) is 14.8 Å². The average molecular weight is 483 g/mol. The number of aryl methyl sites for hydroxylation is 1. The zero-order valence-corrected chi connectivity index (χ0v) is 20.0. The number of pyridine rings is 1. The molecule has 2 aromatic carbocycles. The van der Waals surface area contributed by atoms with Crippen LogP contribution < -0.4 is 5.32 Å². The van der Waals surface area contributed by atoms with Crippen molar-refractivity contribution >= 4 is 17.9 Å². The van der Waals surface area contributed by atoms with Gasteiger partial charge in [-0.1, -0.05) is 60.7 Å². The Morgan fingerprint density at radius 1 is 1.00 bits per heavy atom. The number of aliphatic carboxylic acids is 1. The molecule has 1 atom stereocenters. The fourth-order valence-electron chi connectivity index (χ4n) is 4.31. The number of rotatable bonds is 7. The molecule has 1 amide bonds. The summed E-state index contributed by atoms with van der Waals surface area (Å²) in [6.07, 6.45) is 3.77. The van der Waals surface area contributed by atoms with E-state index >= 15 is 0 Å². The van der Waals surface area contributed by atoms with Gasteiger partial charge in [-0.3, -0.25) is 19.8 Å². The second-order valence-corrected chi connectivity index (χ2v) is 9.01. The minimum Gasteiger partial charge on any atom is -0.481 e. The van der Waals surface area contributed by atoms with E-state index in [1.165, 1.54) is 0 Å². The van der Waals surface area contributed by atoms with E-state index < -0.39 is 23.6 Å². The van der Waals surface area contributed by atoms with Gasteiger partial charge in [-0.25, -0.2) is 4.79 Å². The van der Waals surface area contributed by atoms with Crippen LogP contribution in [0.15, 0.2) is 79.1 Å². The second-order valence-electron chi connectivity index (χ2n) is 9.01. The van der Waals surface area contributed by atoms with Gasteiger partial charge < -0.3 is 9.84 Å². The standard InChI is InChI=1S/C28H26N4O4/c1-18(19-6-4-3-5-7-19)36-27(35)31-25-23(17-30-32(25)2)24-13-10-21(16-29-24)20-8-11-22(12-9-20)28(14-15-28)26(33)34/h3-13,16-18H,14-15H2,1-2H3,(H,31,35)(H,33,34). The lowest BCUT2D eigenvalue weighted by molar-refractivity contribution is -0.140. The zero-order valence-electron chi connectivity index (χ0n) is 20.0. The molecule has 1 unspecified atom stereocenters. The largest absolute Gasteiger partial charge is 0.481 e. The number of amides is 1. The van der Waals surface area contributed by atoms with Crippen LogP contribution in [0, 0.1) is 0 Å². The number of ether oxygens (including phenoxy) is 1. The summed E-state index contributed by atoms with van der Waals surface area (Å²) >= 11 is 0. The first-order chi connectivity index (χ1) is 17.4. The molecule has 2 heterocycles. The fourth-order valence-corrected chi connectivity index (χ4v) is 4.31. The quantitative estimate of drug-likeness (QED) is 0.356. The summed E-state index contributed by atoms with van der Waals surface area (Å²) in [5, 5.41) is 16.6. The molecule has 1 fully saturated rings. The number of carbonyl (C=O) groups excluding carboxylic acids is 1. The van der Waals surface area contributed by atoms with Gasteiger partial charge in [0.2, 0.25) is 0 Å². The van der Waals surface area contributed by atoms with E-state index in [2.05, 4.69) is 15.4 Å². The van der Waals surface area contributed by atoms with E-state index in [9.17, 15) is 14.7 Å². The van der Waals surface area contributed by atoms with Crippen LogP contribution in [0.5, 0.6) is 0 Å². The number of anilines is 1. The van der Waals surface area contributed by atoms with Crippen LogP contribution in [0.2, 0.25) is 0 Å². The summed E-state index contributed by atoms with van der Waals surface area (Å²) in [7, 11) is 1.74. The highest BCUT2D eigenvalue weighted by Gasteiger charge is 2.51. The van der Waals surface area contributed by atoms with Crippen LogP contribution in [0.4, 0.5) is 10.6 Å². The lowest BCUT2D eigenvalue weighted by atomic mass is 9.94. The smallest absolute Gasteiger partial charge is 0.413 e. The highest BCUT2D eigenvalue weighted by molar-refractivity contribution is 5.89. The molecule has 4 aromatic rings. The maximum absolute atomic E-state index is 12.6. The van der Waals surface area contributed by atoms with Crippen molar-refractivity contribution < 1.29 is 19.4 Å². The Balaban J connectivity index is 1.30. The van der Waals surface area contributed by atoms with Gasteiger partial charge >= 0.3 is 12.1 Å². The Kier molecular flexibility index (Phi) is 6.01. The van der Waals surface area contributed by atoms with Gasteiger partial charge in [0, 0.05) is 18.8 Å². The number of benzene rings is 2. The van der Waals surface area contributed by atoms with Gasteiger partial charge in [-0.05, 0) is 42.5 Å². The number of hydrogen-bond donors (Lipinski definition) is 2. The third kappa shape index (κ3) is 4.45. The molecule has 0 spiro atoms. The Labute approximate surface area is 208 Å². The molecule has 2 aromatic heterocycles. The third-order valence-corrected chi connectivity index (χ3v) is 6.68. The maximum Gasteiger partial charge on any atom is 0.413 e. The molecular weight excluding hydrogens is 456 g/mol. The summed E-state index contributed by atoms with van der Waals surface area (Å²) in [5.41, 5.74) is 4.19. The summed E-state index contributed by atoms with van der Waals surface area (Å²) in [4.78, 5) is 28.7. The number of nitrogens with one attached hydrogen (secondary N) is 1. The molecule has 0 aliphatic heterocycles. The molecule has 8 nitrogen and oxygen atoms in total. The Bertz CT molecular complexity index is 1390. The SMILES string of the molecule is CC(OC(=O)Nc1c(-c2ccc(-c3ccc(C4(C(=O)O)CC4)cc3)cn2)cnn1C)c1ccccc1. The molecule has 1 saturated carbocycles. The van der Waals surface area contributed by atoms with E-state index in [-0.39, 0.29) is 0 Å². The van der Waals surface area contributed by atoms with E-state index in [4.69, 9.17) is 4.74 Å².